The Morgan fingerprint density at radius 2 is 1.96 bits per heavy atom. The van der Waals surface area contributed by atoms with E-state index in [4.69, 9.17) is 0 Å². The van der Waals surface area contributed by atoms with Crippen LogP contribution < -0.4 is 10.6 Å². The number of rotatable bonds is 5. The quantitative estimate of drug-likeness (QED) is 0.643. The zero-order chi connectivity index (χ0) is 17.0. The van der Waals surface area contributed by atoms with Gasteiger partial charge in [-0.15, -0.1) is 5.10 Å². The van der Waals surface area contributed by atoms with Gasteiger partial charge in [0, 0.05) is 43.6 Å². The fraction of sp³-hybridized carbons (Fsp3) is 0.214. The maximum absolute atomic E-state index is 11.0. The van der Waals surface area contributed by atoms with Crippen molar-refractivity contribution in [3.05, 3.63) is 45.9 Å². The second kappa shape index (κ2) is 6.69. The van der Waals surface area contributed by atoms with Gasteiger partial charge in [-0.2, -0.15) is 4.98 Å². The summed E-state index contributed by atoms with van der Waals surface area (Å²) in [6, 6.07) is 5.94. The Bertz CT molecular complexity index is 763. The molecular formula is C14H16N6O3. The van der Waals surface area contributed by atoms with Crippen LogP contribution >= 0.6 is 0 Å². The van der Waals surface area contributed by atoms with Crippen LogP contribution in [0.2, 0.25) is 0 Å². The Hall–Kier alpha value is -3.23. The number of hydrogen-bond acceptors (Lipinski definition) is 6. The van der Waals surface area contributed by atoms with Gasteiger partial charge in [-0.25, -0.2) is 4.68 Å². The molecule has 0 atom stereocenters. The molecule has 0 aliphatic carbocycles. The molecule has 2 aromatic rings. The largest absolute Gasteiger partial charge is 0.330 e. The van der Waals surface area contributed by atoms with Gasteiger partial charge in [0.1, 0.15) is 0 Å². The number of aromatic nitrogens is 3. The van der Waals surface area contributed by atoms with Crippen molar-refractivity contribution in [3.63, 3.8) is 0 Å². The van der Waals surface area contributed by atoms with E-state index >= 15 is 0 Å². The highest BCUT2D eigenvalue weighted by molar-refractivity contribution is 5.76. The molecule has 0 radical (unpaired) electrons. The summed E-state index contributed by atoms with van der Waals surface area (Å²) in [5.41, 5.74) is 1.30. The number of hydrogen-bond donors (Lipinski definition) is 2. The minimum Gasteiger partial charge on any atom is -0.330 e. The average Bonchev–Trinajstić information content (AvgIpc) is 2.78. The molecule has 0 aliphatic heterocycles. The van der Waals surface area contributed by atoms with Crippen molar-refractivity contribution in [2.75, 3.05) is 5.32 Å². The minimum absolute atomic E-state index is 0.0130. The number of allylic oxidation sites excluding steroid dienone is 1. The second-order valence-electron chi connectivity index (χ2n) is 4.85. The first-order chi connectivity index (χ1) is 10.8. The van der Waals surface area contributed by atoms with Gasteiger partial charge in [0.2, 0.25) is 11.9 Å². The number of aryl methyl sites for hydroxylation is 1. The summed E-state index contributed by atoms with van der Waals surface area (Å²) in [5.74, 6) is 0.744. The predicted molar refractivity (Wildman–Crippen MR) is 84.8 cm³/mol. The van der Waals surface area contributed by atoms with Crippen molar-refractivity contribution in [1.29, 1.82) is 0 Å². The van der Waals surface area contributed by atoms with E-state index in [9.17, 15) is 14.9 Å². The first kappa shape index (κ1) is 16.1. The van der Waals surface area contributed by atoms with Gasteiger partial charge in [-0.3, -0.25) is 14.9 Å². The Morgan fingerprint density at radius 3 is 2.52 bits per heavy atom. The zero-order valence-electron chi connectivity index (χ0n) is 12.9. The van der Waals surface area contributed by atoms with E-state index in [2.05, 4.69) is 20.7 Å². The molecule has 2 rings (SSSR count). The smallest absolute Gasteiger partial charge is 0.269 e. The topological polar surface area (TPSA) is 115 Å². The van der Waals surface area contributed by atoms with E-state index < -0.39 is 4.92 Å². The highest BCUT2D eigenvalue weighted by Gasteiger charge is 2.08. The Balaban J connectivity index is 2.14. The van der Waals surface area contributed by atoms with Gasteiger partial charge < -0.3 is 10.6 Å². The Morgan fingerprint density at radius 1 is 1.30 bits per heavy atom. The maximum Gasteiger partial charge on any atom is 0.269 e. The fourth-order valence-electron chi connectivity index (χ4n) is 1.88. The lowest BCUT2D eigenvalue weighted by atomic mass is 10.3. The summed E-state index contributed by atoms with van der Waals surface area (Å²) in [7, 11) is 1.72. The average molecular weight is 316 g/mol. The van der Waals surface area contributed by atoms with Gasteiger partial charge in [0.25, 0.3) is 5.69 Å². The summed E-state index contributed by atoms with van der Waals surface area (Å²) in [4.78, 5) is 25.4. The third-order valence-electron chi connectivity index (χ3n) is 2.85. The fourth-order valence-corrected chi connectivity index (χ4v) is 1.88. The lowest BCUT2D eigenvalue weighted by Gasteiger charge is -2.00. The van der Waals surface area contributed by atoms with Crippen LogP contribution in [0.15, 0.2) is 30.0 Å². The van der Waals surface area contributed by atoms with Crippen molar-refractivity contribution in [1.82, 2.24) is 20.1 Å². The van der Waals surface area contributed by atoms with Crippen LogP contribution in [-0.4, -0.2) is 25.6 Å². The molecular weight excluding hydrogens is 300 g/mol. The molecule has 0 saturated carbocycles. The molecule has 23 heavy (non-hydrogen) atoms. The summed E-state index contributed by atoms with van der Waals surface area (Å²) in [6.07, 6.45) is 1.69. The van der Waals surface area contributed by atoms with E-state index in [1.165, 1.54) is 19.1 Å². The Kier molecular flexibility index (Phi) is 4.69. The van der Waals surface area contributed by atoms with Crippen molar-refractivity contribution < 1.29 is 9.72 Å². The number of benzene rings is 1. The molecule has 1 aromatic heterocycles. The second-order valence-corrected chi connectivity index (χ2v) is 4.85. The van der Waals surface area contributed by atoms with Crippen LogP contribution in [0, 0.1) is 10.1 Å². The normalized spacial score (nSPS) is 11.2. The number of non-ortho nitro benzene ring substituents is 1. The summed E-state index contributed by atoms with van der Waals surface area (Å²) in [5, 5.41) is 20.4. The number of amides is 1. The van der Waals surface area contributed by atoms with Crippen molar-refractivity contribution >= 4 is 29.3 Å². The molecule has 0 bridgehead atoms. The summed E-state index contributed by atoms with van der Waals surface area (Å²) >= 11 is 0. The van der Waals surface area contributed by atoms with Crippen molar-refractivity contribution in [2.45, 2.75) is 13.8 Å². The number of anilines is 2. The van der Waals surface area contributed by atoms with Crippen LogP contribution in [0.3, 0.4) is 0 Å². The van der Waals surface area contributed by atoms with Crippen LogP contribution in [0.1, 0.15) is 19.7 Å². The summed E-state index contributed by atoms with van der Waals surface area (Å²) in [6.45, 7) is 3.18. The van der Waals surface area contributed by atoms with E-state index in [-0.39, 0.29) is 11.6 Å². The van der Waals surface area contributed by atoms with Crippen LogP contribution in [0.4, 0.5) is 17.3 Å². The molecule has 1 aromatic carbocycles. The summed E-state index contributed by atoms with van der Waals surface area (Å²) < 4.78 is 1.55. The monoisotopic (exact) mass is 316 g/mol. The van der Waals surface area contributed by atoms with E-state index in [1.807, 2.05) is 0 Å². The van der Waals surface area contributed by atoms with E-state index in [0.717, 1.165) is 0 Å². The predicted octanol–water partition coefficient (Wildman–Crippen LogP) is 1.96. The van der Waals surface area contributed by atoms with Gasteiger partial charge in [0.05, 0.1) is 4.92 Å². The molecule has 9 heteroatoms. The van der Waals surface area contributed by atoms with Gasteiger partial charge in [-0.05, 0) is 19.1 Å². The van der Waals surface area contributed by atoms with E-state index in [1.54, 1.807) is 36.9 Å². The number of nitro groups is 1. The Labute approximate surface area is 132 Å². The standard InChI is InChI=1S/C14H16N6O3/c1-9(15-10(2)21)8-13-17-14(18-19(13)3)16-11-4-6-12(7-5-11)20(22)23/h4-8H,1-3H3,(H,15,21)(H,16,18)/b9-8-. The number of carbonyl (C=O) groups excluding carboxylic acids is 1. The molecule has 2 N–H and O–H groups in total. The van der Waals surface area contributed by atoms with Gasteiger partial charge >= 0.3 is 0 Å². The minimum atomic E-state index is -0.462. The van der Waals surface area contributed by atoms with Gasteiger partial charge in [-0.1, -0.05) is 0 Å². The number of carbonyl (C=O) groups is 1. The maximum atomic E-state index is 11.0. The molecule has 1 heterocycles. The molecule has 0 aliphatic rings. The molecule has 0 unspecified atom stereocenters. The first-order valence-electron chi connectivity index (χ1n) is 6.73. The molecule has 9 nitrogen and oxygen atoms in total. The van der Waals surface area contributed by atoms with Gasteiger partial charge in [0.15, 0.2) is 5.82 Å². The third-order valence-corrected chi connectivity index (χ3v) is 2.85. The molecule has 1 amide bonds. The molecule has 120 valence electrons. The molecule has 0 saturated heterocycles. The number of nitrogens with zero attached hydrogens (tertiary/aromatic N) is 4. The van der Waals surface area contributed by atoms with Crippen LogP contribution in [0.5, 0.6) is 0 Å². The lowest BCUT2D eigenvalue weighted by Crippen LogP contribution is -2.17. The van der Waals surface area contributed by atoms with Crippen molar-refractivity contribution in [2.24, 2.45) is 7.05 Å². The van der Waals surface area contributed by atoms with Crippen LogP contribution in [-0.2, 0) is 11.8 Å². The molecule has 0 fully saturated rings. The SMILES string of the molecule is CC(=O)N/C(C)=C\c1nc(Nc2ccc([N+](=O)[O-])cc2)nn1C. The number of nitrogens with one attached hydrogen (secondary N) is 2. The third kappa shape index (κ3) is 4.37. The zero-order valence-corrected chi connectivity index (χ0v) is 12.9. The highest BCUT2D eigenvalue weighted by atomic mass is 16.6. The molecule has 0 spiro atoms. The number of nitro benzene ring substituents is 1. The lowest BCUT2D eigenvalue weighted by molar-refractivity contribution is -0.384. The first-order valence-corrected chi connectivity index (χ1v) is 6.73. The van der Waals surface area contributed by atoms with Crippen molar-refractivity contribution in [3.8, 4) is 0 Å². The highest BCUT2D eigenvalue weighted by Crippen LogP contribution is 2.18. The van der Waals surface area contributed by atoms with E-state index in [0.29, 0.717) is 23.2 Å². The van der Waals surface area contributed by atoms with Crippen LogP contribution in [0.25, 0.3) is 6.08 Å².